The Morgan fingerprint density at radius 1 is 0.738 bits per heavy atom. The summed E-state index contributed by atoms with van der Waals surface area (Å²) >= 11 is 0. The summed E-state index contributed by atoms with van der Waals surface area (Å²) in [5.41, 5.74) is 0. The van der Waals surface area contributed by atoms with Crippen LogP contribution in [0.4, 0.5) is 4.79 Å². The Hall–Kier alpha value is -1.37. The predicted octanol–water partition coefficient (Wildman–Crippen LogP) is -7.06. The monoisotopic (exact) mass is 619 g/mol. The Labute approximate surface area is 239 Å². The molecule has 3 heterocycles. The van der Waals surface area contributed by atoms with Crippen molar-refractivity contribution in [3.63, 3.8) is 0 Å². The maximum atomic E-state index is 11.9. The van der Waals surface area contributed by atoms with Crippen LogP contribution in [-0.2, 0) is 28.4 Å². The summed E-state index contributed by atoms with van der Waals surface area (Å²) in [5, 5.41) is 115. The zero-order valence-corrected chi connectivity index (χ0v) is 22.7. The standard InChI is InChI=1S/C23H41NO18/c1-2-3-24-20(35)37-6-12-15(30)19(34)23(42-12,9-39-22(7-27)18(33)14(29)11(5-26)41-22)38-8-21(36)17(32)16(31)13(28)10(4-25)40-21/h10-19,25-34,36H,2-9H2,1H3,(H,24,35)/t10?,11-,12-,13-,14?,15?,16?,17+,18-,19-,21-,22-,23-/m1/s1. The van der Waals surface area contributed by atoms with E-state index in [1.165, 1.54) is 0 Å². The Balaban J connectivity index is 1.86. The number of carbonyl (C=O) groups is 1. The van der Waals surface area contributed by atoms with Gasteiger partial charge in [-0.25, -0.2) is 4.79 Å². The molecule has 3 rings (SSSR count). The van der Waals surface area contributed by atoms with E-state index in [1.54, 1.807) is 6.92 Å². The maximum Gasteiger partial charge on any atom is 0.407 e. The molecule has 0 radical (unpaired) electrons. The summed E-state index contributed by atoms with van der Waals surface area (Å²) in [7, 11) is 0. The van der Waals surface area contributed by atoms with E-state index in [-0.39, 0.29) is 6.54 Å². The largest absolute Gasteiger partial charge is 0.447 e. The summed E-state index contributed by atoms with van der Waals surface area (Å²) in [6.45, 7) is -3.59. The molecule has 19 nitrogen and oxygen atoms in total. The van der Waals surface area contributed by atoms with Crippen molar-refractivity contribution in [2.24, 2.45) is 0 Å². The van der Waals surface area contributed by atoms with Crippen LogP contribution in [0.3, 0.4) is 0 Å². The summed E-state index contributed by atoms with van der Waals surface area (Å²) in [5.74, 6) is -7.83. The van der Waals surface area contributed by atoms with Gasteiger partial charge in [0.2, 0.25) is 17.4 Å². The van der Waals surface area contributed by atoms with Crippen LogP contribution in [0.1, 0.15) is 13.3 Å². The molecule has 12 N–H and O–H groups in total. The molecular weight excluding hydrogens is 578 g/mol. The Bertz CT molecular complexity index is 884. The first-order valence-electron chi connectivity index (χ1n) is 13.3. The molecule has 19 heteroatoms. The van der Waals surface area contributed by atoms with E-state index in [0.29, 0.717) is 6.42 Å². The number of carbonyl (C=O) groups excluding carboxylic acids is 1. The molecule has 3 aliphatic rings. The molecule has 3 aliphatic heterocycles. The highest BCUT2D eigenvalue weighted by Gasteiger charge is 2.62. The lowest BCUT2D eigenvalue weighted by Crippen LogP contribution is -2.68. The Morgan fingerprint density at radius 2 is 1.29 bits per heavy atom. The summed E-state index contributed by atoms with van der Waals surface area (Å²) in [6.07, 6.45) is -18.5. The number of hydrogen-bond donors (Lipinski definition) is 12. The Kier molecular flexibility index (Phi) is 11.8. The molecule has 13 atom stereocenters. The van der Waals surface area contributed by atoms with Crippen molar-refractivity contribution in [3.05, 3.63) is 0 Å². The van der Waals surface area contributed by atoms with E-state index in [0.717, 1.165) is 0 Å². The zero-order valence-electron chi connectivity index (χ0n) is 22.7. The molecule has 0 bridgehead atoms. The van der Waals surface area contributed by atoms with Gasteiger partial charge in [-0.3, -0.25) is 0 Å². The second kappa shape index (κ2) is 14.2. The lowest BCUT2D eigenvalue weighted by Gasteiger charge is -2.46. The molecule has 0 aromatic heterocycles. The second-order valence-electron chi connectivity index (χ2n) is 10.4. The molecular formula is C23H41NO18. The van der Waals surface area contributed by atoms with E-state index >= 15 is 0 Å². The van der Waals surface area contributed by atoms with Crippen molar-refractivity contribution in [3.8, 4) is 0 Å². The van der Waals surface area contributed by atoms with Gasteiger partial charge >= 0.3 is 6.09 Å². The first-order valence-corrected chi connectivity index (χ1v) is 13.3. The summed E-state index contributed by atoms with van der Waals surface area (Å²) < 4.78 is 32.2. The van der Waals surface area contributed by atoms with Crippen LogP contribution in [0.25, 0.3) is 0 Å². The average Bonchev–Trinajstić information content (AvgIpc) is 3.38. The highest BCUT2D eigenvalue weighted by atomic mass is 16.8. The zero-order chi connectivity index (χ0) is 31.5. The molecule has 3 fully saturated rings. The number of aliphatic hydroxyl groups is 11. The summed E-state index contributed by atoms with van der Waals surface area (Å²) in [6, 6.07) is 0. The molecule has 0 aromatic carbocycles. The van der Waals surface area contributed by atoms with E-state index in [9.17, 15) is 61.0 Å². The third-order valence-electron chi connectivity index (χ3n) is 7.40. The van der Waals surface area contributed by atoms with Gasteiger partial charge in [0.25, 0.3) is 0 Å². The lowest BCUT2D eigenvalue weighted by atomic mass is 9.93. The SMILES string of the molecule is CCCNC(=O)OC[C@H]1O[C@@](CO[C@]2(CO)O[C@H](CO)C(O)[C@H]2O)(OC[C@@]2(O)OC(CO)[C@@H](O)C(O)[C@@H]2O)[C@H](O)C1O. The van der Waals surface area contributed by atoms with Crippen LogP contribution in [0, 0.1) is 0 Å². The van der Waals surface area contributed by atoms with Crippen LogP contribution in [0.5, 0.6) is 0 Å². The fourth-order valence-electron chi connectivity index (χ4n) is 4.80. The van der Waals surface area contributed by atoms with Crippen molar-refractivity contribution in [1.29, 1.82) is 0 Å². The van der Waals surface area contributed by atoms with Gasteiger partial charge in [-0.15, -0.1) is 0 Å². The molecule has 0 aromatic rings. The van der Waals surface area contributed by atoms with E-state index in [4.69, 9.17) is 28.4 Å². The van der Waals surface area contributed by atoms with E-state index in [1.807, 2.05) is 0 Å². The third kappa shape index (κ3) is 6.81. The van der Waals surface area contributed by atoms with Gasteiger partial charge in [-0.05, 0) is 6.42 Å². The lowest BCUT2D eigenvalue weighted by molar-refractivity contribution is -0.392. The normalized spacial score (nSPS) is 45.7. The first-order chi connectivity index (χ1) is 19.7. The number of rotatable bonds is 13. The van der Waals surface area contributed by atoms with Crippen molar-refractivity contribution in [2.45, 2.75) is 91.7 Å². The number of hydrogen-bond acceptors (Lipinski definition) is 18. The Morgan fingerprint density at radius 3 is 1.86 bits per heavy atom. The second-order valence-corrected chi connectivity index (χ2v) is 10.4. The van der Waals surface area contributed by atoms with Gasteiger partial charge < -0.3 is 89.9 Å². The van der Waals surface area contributed by atoms with Gasteiger partial charge in [0, 0.05) is 6.54 Å². The quantitative estimate of drug-likeness (QED) is 0.0911. The molecule has 0 aliphatic carbocycles. The minimum Gasteiger partial charge on any atom is -0.447 e. The van der Waals surface area contributed by atoms with Gasteiger partial charge in [-0.2, -0.15) is 0 Å². The minimum absolute atomic E-state index is 0.277. The topological polar surface area (TPSA) is 307 Å². The molecule has 42 heavy (non-hydrogen) atoms. The van der Waals surface area contributed by atoms with Crippen molar-refractivity contribution < 1.29 is 89.4 Å². The predicted molar refractivity (Wildman–Crippen MR) is 130 cm³/mol. The van der Waals surface area contributed by atoms with Crippen LogP contribution < -0.4 is 5.32 Å². The number of nitrogens with one attached hydrogen (secondary N) is 1. The van der Waals surface area contributed by atoms with Gasteiger partial charge in [-0.1, -0.05) is 6.92 Å². The summed E-state index contributed by atoms with van der Waals surface area (Å²) in [4.78, 5) is 11.9. The fourth-order valence-corrected chi connectivity index (χ4v) is 4.80. The number of ether oxygens (including phenoxy) is 6. The van der Waals surface area contributed by atoms with E-state index in [2.05, 4.69) is 5.32 Å². The molecule has 0 saturated carbocycles. The van der Waals surface area contributed by atoms with Crippen LogP contribution in [-0.4, -0.2) is 187 Å². The average molecular weight is 620 g/mol. The highest BCUT2D eigenvalue weighted by Crippen LogP contribution is 2.39. The van der Waals surface area contributed by atoms with E-state index < -0.39 is 124 Å². The first kappa shape index (κ1) is 35.1. The van der Waals surface area contributed by atoms with Crippen LogP contribution in [0.2, 0.25) is 0 Å². The minimum atomic E-state index is -2.85. The smallest absolute Gasteiger partial charge is 0.407 e. The molecule has 1 amide bonds. The molecule has 3 saturated heterocycles. The van der Waals surface area contributed by atoms with Gasteiger partial charge in [0.15, 0.2) is 0 Å². The molecule has 246 valence electrons. The number of alkyl carbamates (subject to hydrolysis) is 1. The third-order valence-corrected chi connectivity index (χ3v) is 7.40. The maximum absolute atomic E-state index is 11.9. The van der Waals surface area contributed by atoms with Crippen LogP contribution in [0.15, 0.2) is 0 Å². The van der Waals surface area contributed by atoms with Crippen molar-refractivity contribution >= 4 is 6.09 Å². The molecule has 0 spiro atoms. The van der Waals surface area contributed by atoms with Crippen LogP contribution >= 0.6 is 0 Å². The molecule has 4 unspecified atom stereocenters. The van der Waals surface area contributed by atoms with Crippen molar-refractivity contribution in [1.82, 2.24) is 5.32 Å². The van der Waals surface area contributed by atoms with Gasteiger partial charge in [0.1, 0.15) is 87.5 Å². The number of aliphatic hydroxyl groups excluding tert-OH is 10. The highest BCUT2D eigenvalue weighted by molar-refractivity contribution is 5.67. The number of amides is 1. The van der Waals surface area contributed by atoms with Crippen molar-refractivity contribution in [2.75, 3.05) is 46.2 Å². The fraction of sp³-hybridized carbons (Fsp3) is 0.957. The van der Waals surface area contributed by atoms with Gasteiger partial charge in [0.05, 0.1) is 13.2 Å².